The Morgan fingerprint density at radius 2 is 1.67 bits per heavy atom. The highest BCUT2D eigenvalue weighted by Crippen LogP contribution is 2.23. The van der Waals surface area contributed by atoms with Crippen molar-refractivity contribution in [2.45, 2.75) is 44.6 Å². The van der Waals surface area contributed by atoms with Gasteiger partial charge in [0.05, 0.1) is 12.9 Å². The molecule has 0 aliphatic rings. The monoisotopic (exact) mass is 524 g/mol. The predicted octanol–water partition coefficient (Wildman–Crippen LogP) is 5.75. The summed E-state index contributed by atoms with van der Waals surface area (Å²) in [5, 5.41) is 3.70. The van der Waals surface area contributed by atoms with Gasteiger partial charge in [0.1, 0.15) is 11.8 Å². The third-order valence-corrected chi connectivity index (χ3v) is 6.96. The lowest BCUT2D eigenvalue weighted by molar-refractivity contribution is -0.139. The van der Waals surface area contributed by atoms with Gasteiger partial charge in [0, 0.05) is 29.8 Å². The molecule has 36 heavy (non-hydrogen) atoms. The van der Waals surface area contributed by atoms with E-state index in [1.165, 1.54) is 11.8 Å². The number of carbonyl (C=O) groups excluding carboxylic acids is 2. The van der Waals surface area contributed by atoms with Crippen LogP contribution < -0.4 is 10.1 Å². The molecule has 0 saturated heterocycles. The number of benzene rings is 3. The van der Waals surface area contributed by atoms with E-state index in [-0.39, 0.29) is 23.6 Å². The topological polar surface area (TPSA) is 58.6 Å². The number of rotatable bonds is 12. The molecule has 3 aromatic rings. The molecule has 0 aliphatic carbocycles. The lowest BCUT2D eigenvalue weighted by Crippen LogP contribution is -2.52. The highest BCUT2D eigenvalue weighted by Gasteiger charge is 2.30. The van der Waals surface area contributed by atoms with Crippen LogP contribution in [0.15, 0.2) is 78.9 Å². The zero-order valence-corrected chi connectivity index (χ0v) is 22.5. The van der Waals surface area contributed by atoms with E-state index < -0.39 is 6.04 Å². The van der Waals surface area contributed by atoms with Crippen molar-refractivity contribution in [3.05, 3.63) is 101 Å². The molecule has 7 heteroatoms. The van der Waals surface area contributed by atoms with Crippen molar-refractivity contribution in [1.29, 1.82) is 0 Å². The Morgan fingerprint density at radius 3 is 2.36 bits per heavy atom. The van der Waals surface area contributed by atoms with Crippen LogP contribution >= 0.6 is 23.4 Å². The Kier molecular flexibility index (Phi) is 10.7. The Morgan fingerprint density at radius 1 is 0.972 bits per heavy atom. The molecular formula is C29H33ClN2O3S. The lowest BCUT2D eigenvalue weighted by Gasteiger charge is -2.32. The van der Waals surface area contributed by atoms with Crippen molar-refractivity contribution >= 4 is 35.2 Å². The van der Waals surface area contributed by atoms with Crippen molar-refractivity contribution in [3.8, 4) is 5.75 Å². The second-order valence-electron chi connectivity index (χ2n) is 8.83. The first-order chi connectivity index (χ1) is 17.4. The quantitative estimate of drug-likeness (QED) is 0.328. The Bertz CT molecular complexity index is 1140. The van der Waals surface area contributed by atoms with Crippen molar-refractivity contribution in [2.75, 3.05) is 12.9 Å². The molecule has 0 bridgehead atoms. The maximum absolute atomic E-state index is 13.7. The number of halogens is 1. The molecule has 1 atom stereocenters. The number of nitrogens with one attached hydrogen (secondary N) is 1. The minimum Gasteiger partial charge on any atom is -0.497 e. The largest absolute Gasteiger partial charge is 0.497 e. The third-order valence-electron chi connectivity index (χ3n) is 5.63. The number of ether oxygens (including phenoxy) is 1. The molecule has 0 radical (unpaired) electrons. The van der Waals surface area contributed by atoms with Gasteiger partial charge in [-0.2, -0.15) is 0 Å². The second-order valence-corrected chi connectivity index (χ2v) is 10.2. The summed E-state index contributed by atoms with van der Waals surface area (Å²) < 4.78 is 5.38. The highest BCUT2D eigenvalue weighted by atomic mass is 35.5. The standard InChI is InChI=1S/C29H33ClN2O3S/c1-21(2)31-29(34)27(17-22-10-5-4-6-11-22)32(18-23-12-9-14-25(16-23)35-3)28(33)20-36-19-24-13-7-8-15-26(24)30/h4-16,21,27H,17-20H2,1-3H3,(H,31,34). The van der Waals surface area contributed by atoms with Gasteiger partial charge in [0.15, 0.2) is 0 Å². The number of methoxy groups -OCH3 is 1. The molecule has 5 nitrogen and oxygen atoms in total. The zero-order chi connectivity index (χ0) is 25.9. The SMILES string of the molecule is COc1cccc(CN(C(=O)CSCc2ccccc2Cl)C(Cc2ccccc2)C(=O)NC(C)C)c1. The van der Waals surface area contributed by atoms with Crippen molar-refractivity contribution in [2.24, 2.45) is 0 Å². The molecule has 0 saturated carbocycles. The molecule has 0 spiro atoms. The molecule has 0 aromatic heterocycles. The number of hydrogen-bond acceptors (Lipinski definition) is 4. The first-order valence-electron chi connectivity index (χ1n) is 11.9. The van der Waals surface area contributed by atoms with E-state index in [4.69, 9.17) is 16.3 Å². The Hall–Kier alpha value is -2.96. The number of hydrogen-bond donors (Lipinski definition) is 1. The van der Waals surface area contributed by atoms with Crippen molar-refractivity contribution in [1.82, 2.24) is 10.2 Å². The Balaban J connectivity index is 1.87. The molecule has 2 amide bonds. The summed E-state index contributed by atoms with van der Waals surface area (Å²) in [4.78, 5) is 28.8. The van der Waals surface area contributed by atoms with E-state index in [1.807, 2.05) is 92.7 Å². The summed E-state index contributed by atoms with van der Waals surface area (Å²) in [6.45, 7) is 4.14. The summed E-state index contributed by atoms with van der Waals surface area (Å²) in [6.07, 6.45) is 0.421. The van der Waals surface area contributed by atoms with Crippen LogP contribution in [0.2, 0.25) is 5.02 Å². The average molecular weight is 525 g/mol. The fourth-order valence-corrected chi connectivity index (χ4v) is 5.04. The van der Waals surface area contributed by atoms with E-state index in [9.17, 15) is 9.59 Å². The van der Waals surface area contributed by atoms with Crippen LogP contribution in [-0.4, -0.2) is 41.7 Å². The highest BCUT2D eigenvalue weighted by molar-refractivity contribution is 7.99. The summed E-state index contributed by atoms with van der Waals surface area (Å²) in [6, 6.07) is 24.3. The van der Waals surface area contributed by atoms with Gasteiger partial charge in [-0.3, -0.25) is 9.59 Å². The first kappa shape index (κ1) is 27.6. The lowest BCUT2D eigenvalue weighted by atomic mass is 10.0. The molecule has 0 fully saturated rings. The number of carbonyl (C=O) groups is 2. The van der Waals surface area contributed by atoms with E-state index in [0.29, 0.717) is 29.5 Å². The van der Waals surface area contributed by atoms with E-state index in [0.717, 1.165) is 16.7 Å². The molecule has 0 aliphatic heterocycles. The van der Waals surface area contributed by atoms with Crippen LogP contribution in [0, 0.1) is 0 Å². The zero-order valence-electron chi connectivity index (χ0n) is 20.9. The van der Waals surface area contributed by atoms with Crippen LogP contribution in [0.4, 0.5) is 0 Å². The third kappa shape index (κ3) is 8.32. The smallest absolute Gasteiger partial charge is 0.243 e. The molecule has 1 N–H and O–H groups in total. The minimum absolute atomic E-state index is 0.0425. The molecule has 1 unspecified atom stereocenters. The van der Waals surface area contributed by atoms with Crippen LogP contribution in [0.3, 0.4) is 0 Å². The Labute approximate surface area is 223 Å². The average Bonchev–Trinajstić information content (AvgIpc) is 2.87. The van der Waals surface area contributed by atoms with Gasteiger partial charge in [-0.1, -0.05) is 72.3 Å². The van der Waals surface area contributed by atoms with Crippen LogP contribution in [0.25, 0.3) is 0 Å². The molecule has 3 aromatic carbocycles. The summed E-state index contributed by atoms with van der Waals surface area (Å²) in [7, 11) is 1.61. The summed E-state index contributed by atoms with van der Waals surface area (Å²) >= 11 is 7.79. The van der Waals surface area contributed by atoms with Gasteiger partial charge in [-0.25, -0.2) is 0 Å². The fraction of sp³-hybridized carbons (Fsp3) is 0.310. The molecule has 190 valence electrons. The fourth-order valence-electron chi connectivity index (χ4n) is 3.85. The molecular weight excluding hydrogens is 492 g/mol. The van der Waals surface area contributed by atoms with Crippen LogP contribution in [0.1, 0.15) is 30.5 Å². The second kappa shape index (κ2) is 14.0. The number of amides is 2. The maximum atomic E-state index is 13.7. The van der Waals surface area contributed by atoms with Gasteiger partial charge < -0.3 is 15.0 Å². The van der Waals surface area contributed by atoms with Crippen molar-refractivity contribution in [3.63, 3.8) is 0 Å². The van der Waals surface area contributed by atoms with E-state index >= 15 is 0 Å². The van der Waals surface area contributed by atoms with Gasteiger partial charge in [-0.15, -0.1) is 11.8 Å². The summed E-state index contributed by atoms with van der Waals surface area (Å²) in [5.74, 6) is 1.28. The summed E-state index contributed by atoms with van der Waals surface area (Å²) in [5.41, 5.74) is 2.87. The van der Waals surface area contributed by atoms with Crippen LogP contribution in [-0.2, 0) is 28.3 Å². The molecule has 3 rings (SSSR count). The number of thioether (sulfide) groups is 1. The van der Waals surface area contributed by atoms with Gasteiger partial charge >= 0.3 is 0 Å². The number of nitrogens with zero attached hydrogens (tertiary/aromatic N) is 1. The molecule has 0 heterocycles. The van der Waals surface area contributed by atoms with Crippen LogP contribution in [0.5, 0.6) is 5.75 Å². The minimum atomic E-state index is -0.658. The maximum Gasteiger partial charge on any atom is 0.243 e. The van der Waals surface area contributed by atoms with E-state index in [2.05, 4.69) is 5.32 Å². The van der Waals surface area contributed by atoms with Crippen molar-refractivity contribution < 1.29 is 14.3 Å². The normalized spacial score (nSPS) is 11.7. The van der Waals surface area contributed by atoms with Gasteiger partial charge in [0.25, 0.3) is 0 Å². The van der Waals surface area contributed by atoms with Gasteiger partial charge in [-0.05, 0) is 48.7 Å². The first-order valence-corrected chi connectivity index (χ1v) is 13.5. The predicted molar refractivity (Wildman–Crippen MR) is 148 cm³/mol. The van der Waals surface area contributed by atoms with E-state index in [1.54, 1.807) is 12.0 Å². The van der Waals surface area contributed by atoms with Gasteiger partial charge in [0.2, 0.25) is 11.8 Å².